The maximum absolute atomic E-state index is 14.3. The zero-order valence-corrected chi connectivity index (χ0v) is 39.0. The van der Waals surface area contributed by atoms with Gasteiger partial charge in [0.1, 0.15) is 16.2 Å². The van der Waals surface area contributed by atoms with Crippen molar-refractivity contribution < 1.29 is 28.6 Å². The normalized spacial score (nSPS) is 13.9. The lowest BCUT2D eigenvalue weighted by molar-refractivity contribution is 0.0939. The van der Waals surface area contributed by atoms with Crippen molar-refractivity contribution in [3.05, 3.63) is 118 Å². The summed E-state index contributed by atoms with van der Waals surface area (Å²) in [5.74, 6) is -1.26. The molecule has 0 spiro atoms. The molecule has 4 aromatic heterocycles. The Bertz CT molecular complexity index is 2970. The highest BCUT2D eigenvalue weighted by atomic mass is 79.9. The minimum atomic E-state index is -1.000. The van der Waals surface area contributed by atoms with Crippen LogP contribution in [-0.2, 0) is 0 Å². The maximum Gasteiger partial charge on any atom is 0.251 e. The van der Waals surface area contributed by atoms with Gasteiger partial charge >= 0.3 is 0 Å². The molecule has 7 aromatic rings. The van der Waals surface area contributed by atoms with Crippen molar-refractivity contribution in [1.29, 1.82) is 0 Å². The smallest absolute Gasteiger partial charge is 0.251 e. The van der Waals surface area contributed by atoms with Crippen molar-refractivity contribution in [3.63, 3.8) is 0 Å². The zero-order chi connectivity index (χ0) is 47.1. The lowest BCUT2D eigenvalue weighted by Crippen LogP contribution is -2.29. The standard InChI is InChI=1S/C27H28F2N6O2.C21H24BrN5O2/c1-15-10-16(4-8-19(15)26(36)32-18-6-7-18)23-13-30-25-22(31-14-27(2,3)37)12-24(34-35(23)25)33-21-9-5-17(28)11-20(21)29;1-12-8-13(4-7-15(12)20(28)25-14-5-6-14)17-10-23-19-16(24-11-21(2,3)29)9-18(22)26-27(17)19/h4-5,8-13,18,31,37H,6-7,14H2,1-3H3,(H,32,36)(H,33,34);4,7-10,14,24,29H,5-6,11H2,1-3H3,(H,25,28). The predicted octanol–water partition coefficient (Wildman–Crippen LogP) is 8.34. The van der Waals surface area contributed by atoms with Crippen molar-refractivity contribution >= 4 is 61.9 Å². The van der Waals surface area contributed by atoms with Crippen molar-refractivity contribution in [2.75, 3.05) is 29.0 Å². The number of carbonyl (C=O) groups excluding carboxylic acids is 2. The number of hydrogen-bond acceptors (Lipinski definition) is 11. The molecule has 2 aliphatic rings. The largest absolute Gasteiger partial charge is 0.389 e. The van der Waals surface area contributed by atoms with Crippen LogP contribution >= 0.6 is 15.9 Å². The number of rotatable bonds is 14. The van der Waals surface area contributed by atoms with Gasteiger partial charge in [0.15, 0.2) is 17.1 Å². The number of benzene rings is 3. The number of nitrogens with one attached hydrogen (secondary N) is 5. The Morgan fingerprint density at radius 1 is 0.682 bits per heavy atom. The molecule has 0 saturated heterocycles. The molecule has 66 heavy (non-hydrogen) atoms. The van der Waals surface area contributed by atoms with Gasteiger partial charge in [-0.2, -0.15) is 5.10 Å². The quantitative estimate of drug-likeness (QED) is 0.0554. The SMILES string of the molecule is Cc1cc(-c2cnc3c(NCC(C)(C)O)cc(Br)nn23)ccc1C(=O)NC1CC1.Cc1cc(-c2cnc3c(NCC(C)(C)O)cc(Nc4ccc(F)cc4F)nn23)ccc1C(=O)NC1CC1. The van der Waals surface area contributed by atoms with Gasteiger partial charge in [-0.15, -0.1) is 5.10 Å². The summed E-state index contributed by atoms with van der Waals surface area (Å²) >= 11 is 3.45. The molecule has 0 atom stereocenters. The summed E-state index contributed by atoms with van der Waals surface area (Å²) in [4.78, 5) is 34.0. The number of aromatic nitrogens is 6. The third kappa shape index (κ3) is 11.1. The number of anilines is 4. The Hall–Kier alpha value is -6.50. The summed E-state index contributed by atoms with van der Waals surface area (Å²) < 4.78 is 31.7. The van der Waals surface area contributed by atoms with Crippen molar-refractivity contribution in [2.45, 2.75) is 90.5 Å². The second-order valence-corrected chi connectivity index (χ2v) is 19.0. The highest BCUT2D eigenvalue weighted by Gasteiger charge is 2.26. The Kier molecular flexibility index (Phi) is 12.8. The van der Waals surface area contributed by atoms with E-state index in [0.717, 1.165) is 71.5 Å². The van der Waals surface area contributed by atoms with Crippen LogP contribution in [0.1, 0.15) is 85.2 Å². The summed E-state index contributed by atoms with van der Waals surface area (Å²) in [6.07, 6.45) is 7.59. The molecule has 18 heteroatoms. The fourth-order valence-electron chi connectivity index (χ4n) is 7.11. The van der Waals surface area contributed by atoms with E-state index in [-0.39, 0.29) is 35.9 Å². The minimum absolute atomic E-state index is 0.0198. The van der Waals surface area contributed by atoms with Crippen LogP contribution in [0.15, 0.2) is 83.7 Å². The predicted molar refractivity (Wildman–Crippen MR) is 254 cm³/mol. The molecule has 15 nitrogen and oxygen atoms in total. The van der Waals surface area contributed by atoms with Gasteiger partial charge in [0.25, 0.3) is 11.8 Å². The zero-order valence-electron chi connectivity index (χ0n) is 37.4. The number of imidazole rings is 2. The van der Waals surface area contributed by atoms with Crippen molar-refractivity contribution in [2.24, 2.45) is 0 Å². The summed E-state index contributed by atoms with van der Waals surface area (Å²) in [5.41, 5.74) is 6.93. The fourth-order valence-corrected chi connectivity index (χ4v) is 7.50. The summed E-state index contributed by atoms with van der Waals surface area (Å²) in [5, 5.41) is 44.7. The van der Waals surface area contributed by atoms with Gasteiger partial charge in [0.2, 0.25) is 0 Å². The molecule has 0 bridgehead atoms. The number of amides is 2. The molecule has 2 aliphatic carbocycles. The molecule has 4 heterocycles. The molecule has 2 amide bonds. The second kappa shape index (κ2) is 18.4. The highest BCUT2D eigenvalue weighted by Crippen LogP contribution is 2.31. The van der Waals surface area contributed by atoms with E-state index in [1.54, 1.807) is 61.3 Å². The lowest BCUT2D eigenvalue weighted by atomic mass is 10.0. The van der Waals surface area contributed by atoms with Crippen LogP contribution in [0.4, 0.5) is 31.7 Å². The van der Waals surface area contributed by atoms with Crippen LogP contribution < -0.4 is 26.6 Å². The monoisotopic (exact) mass is 963 g/mol. The van der Waals surface area contributed by atoms with Gasteiger partial charge < -0.3 is 36.8 Å². The van der Waals surface area contributed by atoms with E-state index in [1.165, 1.54) is 6.07 Å². The van der Waals surface area contributed by atoms with Crippen LogP contribution in [0.25, 0.3) is 33.8 Å². The van der Waals surface area contributed by atoms with E-state index in [0.29, 0.717) is 51.0 Å². The molecule has 9 rings (SSSR count). The van der Waals surface area contributed by atoms with E-state index in [4.69, 9.17) is 0 Å². The molecule has 2 saturated carbocycles. The van der Waals surface area contributed by atoms with E-state index in [9.17, 15) is 28.6 Å². The number of aliphatic hydroxyl groups is 2. The molecule has 0 aliphatic heterocycles. The van der Waals surface area contributed by atoms with Crippen molar-refractivity contribution in [3.8, 4) is 22.5 Å². The first-order valence-electron chi connectivity index (χ1n) is 21.7. The average Bonchev–Trinajstić information content (AvgIpc) is 4.16. The first-order valence-corrected chi connectivity index (χ1v) is 22.5. The fraction of sp³-hybridized carbons (Fsp3) is 0.333. The van der Waals surface area contributed by atoms with Crippen LogP contribution in [0.5, 0.6) is 0 Å². The topological polar surface area (TPSA) is 195 Å². The average molecular weight is 965 g/mol. The summed E-state index contributed by atoms with van der Waals surface area (Å²) in [7, 11) is 0. The van der Waals surface area contributed by atoms with Crippen LogP contribution in [0.2, 0.25) is 0 Å². The molecular formula is C48H52BrF2N11O4. The number of fused-ring (bicyclic) bond motifs is 2. The Morgan fingerprint density at radius 2 is 1.17 bits per heavy atom. The molecule has 7 N–H and O–H groups in total. The highest BCUT2D eigenvalue weighted by molar-refractivity contribution is 9.10. The molecular weight excluding hydrogens is 913 g/mol. The molecule has 344 valence electrons. The van der Waals surface area contributed by atoms with Gasteiger partial charge in [0, 0.05) is 59.6 Å². The third-order valence-corrected chi connectivity index (χ3v) is 11.3. The summed E-state index contributed by atoms with van der Waals surface area (Å²) in [6.45, 7) is 11.3. The van der Waals surface area contributed by atoms with E-state index in [1.807, 2.05) is 50.2 Å². The summed E-state index contributed by atoms with van der Waals surface area (Å²) in [6, 6.07) is 18.6. The van der Waals surface area contributed by atoms with Crippen LogP contribution in [0.3, 0.4) is 0 Å². The molecule has 0 unspecified atom stereocenters. The molecule has 0 radical (unpaired) electrons. The van der Waals surface area contributed by atoms with Gasteiger partial charge in [-0.05, 0) is 137 Å². The van der Waals surface area contributed by atoms with Crippen LogP contribution in [-0.4, -0.2) is 87.6 Å². The first kappa shape index (κ1) is 46.0. The number of nitrogens with zero attached hydrogens (tertiary/aromatic N) is 6. The number of carbonyl (C=O) groups is 2. The Balaban J connectivity index is 0.000000185. The van der Waals surface area contributed by atoms with Crippen LogP contribution in [0, 0.1) is 25.5 Å². The Labute approximate surface area is 388 Å². The van der Waals surface area contributed by atoms with E-state index >= 15 is 0 Å². The van der Waals surface area contributed by atoms with Gasteiger partial charge in [-0.25, -0.2) is 27.8 Å². The van der Waals surface area contributed by atoms with E-state index < -0.39 is 22.8 Å². The van der Waals surface area contributed by atoms with Crippen molar-refractivity contribution in [1.82, 2.24) is 39.8 Å². The minimum Gasteiger partial charge on any atom is -0.389 e. The molecule has 3 aromatic carbocycles. The molecule has 2 fully saturated rings. The number of hydrogen-bond donors (Lipinski definition) is 7. The number of aryl methyl sites for hydroxylation is 2. The Morgan fingerprint density at radius 3 is 1.62 bits per heavy atom. The van der Waals surface area contributed by atoms with Gasteiger partial charge in [-0.1, -0.05) is 12.1 Å². The lowest BCUT2D eigenvalue weighted by Gasteiger charge is -2.19. The first-order chi connectivity index (χ1) is 31.3. The van der Waals surface area contributed by atoms with E-state index in [2.05, 4.69) is 62.7 Å². The third-order valence-electron chi connectivity index (χ3n) is 10.9. The van der Waals surface area contributed by atoms with Gasteiger partial charge in [-0.3, -0.25) is 9.59 Å². The van der Waals surface area contributed by atoms with Gasteiger partial charge in [0.05, 0.1) is 52.0 Å². The number of halogens is 3. The second-order valence-electron chi connectivity index (χ2n) is 18.2. The maximum atomic E-state index is 14.3.